The van der Waals surface area contributed by atoms with Crippen molar-refractivity contribution in [2.75, 3.05) is 6.61 Å². The summed E-state index contributed by atoms with van der Waals surface area (Å²) < 4.78 is 5.61. The van der Waals surface area contributed by atoms with Crippen LogP contribution in [0, 0.1) is 11.3 Å². The van der Waals surface area contributed by atoms with Gasteiger partial charge in [-0.15, -0.1) is 0 Å². The van der Waals surface area contributed by atoms with Gasteiger partial charge in [-0.1, -0.05) is 13.8 Å². The highest BCUT2D eigenvalue weighted by molar-refractivity contribution is 5.98. The number of ether oxygens (including phenoxy) is 1. The number of allylic oxidation sites excluding steroid dienone is 2. The van der Waals surface area contributed by atoms with Gasteiger partial charge < -0.3 is 9.53 Å². The van der Waals surface area contributed by atoms with Gasteiger partial charge in [0.05, 0.1) is 6.61 Å². The molecule has 1 unspecified atom stereocenters. The molecule has 0 N–H and O–H groups in total. The number of carbonyl (C=O) groups excluding carboxylic acids is 2. The fraction of sp³-hybridized carbons (Fsp3) is 0.692. The highest BCUT2D eigenvalue weighted by Crippen LogP contribution is 2.42. The Morgan fingerprint density at radius 2 is 2.19 bits per heavy atom. The molecule has 0 radical (unpaired) electrons. The third-order valence-corrected chi connectivity index (χ3v) is 3.41. The minimum absolute atomic E-state index is 0.00101. The van der Waals surface area contributed by atoms with Crippen molar-refractivity contribution in [2.45, 2.75) is 39.5 Å². The maximum absolute atomic E-state index is 12.1. The first-order valence-electron chi connectivity index (χ1n) is 5.86. The van der Waals surface area contributed by atoms with Gasteiger partial charge in [0.2, 0.25) is 0 Å². The summed E-state index contributed by atoms with van der Waals surface area (Å²) in [4.78, 5) is 22.7. The van der Waals surface area contributed by atoms with E-state index in [1.54, 1.807) is 0 Å². The highest BCUT2D eigenvalue weighted by atomic mass is 16.5. The van der Waals surface area contributed by atoms with E-state index in [9.17, 15) is 9.59 Å². The second-order valence-electron chi connectivity index (χ2n) is 5.51. The fourth-order valence-corrected chi connectivity index (χ4v) is 2.68. The van der Waals surface area contributed by atoms with E-state index in [4.69, 9.17) is 4.74 Å². The molecule has 0 aromatic carbocycles. The first-order valence-corrected chi connectivity index (χ1v) is 5.86. The molecular weight excluding hydrogens is 204 g/mol. The molecule has 2 rings (SSSR count). The Morgan fingerprint density at radius 3 is 2.88 bits per heavy atom. The quantitative estimate of drug-likeness (QED) is 0.673. The van der Waals surface area contributed by atoms with Gasteiger partial charge in [-0.3, -0.25) is 4.79 Å². The van der Waals surface area contributed by atoms with Crippen molar-refractivity contribution in [1.82, 2.24) is 0 Å². The van der Waals surface area contributed by atoms with Crippen molar-refractivity contribution >= 4 is 12.1 Å². The number of aldehydes is 1. The summed E-state index contributed by atoms with van der Waals surface area (Å²) in [6.45, 7) is 4.81. The van der Waals surface area contributed by atoms with Crippen LogP contribution in [0.4, 0.5) is 0 Å². The van der Waals surface area contributed by atoms with Crippen LogP contribution in [0.25, 0.3) is 0 Å². The molecule has 0 amide bonds. The minimum atomic E-state index is -0.00101. The predicted molar refractivity (Wildman–Crippen MR) is 59.8 cm³/mol. The number of Topliss-reactive ketones (excluding diaryl/α,β-unsaturated/α-hetero) is 1. The van der Waals surface area contributed by atoms with Crippen molar-refractivity contribution in [1.29, 1.82) is 0 Å². The van der Waals surface area contributed by atoms with Crippen LogP contribution in [0.1, 0.15) is 39.5 Å². The lowest BCUT2D eigenvalue weighted by Gasteiger charge is -2.37. The van der Waals surface area contributed by atoms with E-state index < -0.39 is 0 Å². The minimum Gasteiger partial charge on any atom is -0.497 e. The smallest absolute Gasteiger partial charge is 0.163 e. The Hall–Kier alpha value is -1.12. The third-order valence-electron chi connectivity index (χ3n) is 3.41. The molecule has 1 aliphatic heterocycles. The summed E-state index contributed by atoms with van der Waals surface area (Å²) in [5.41, 5.74) is 0.802. The van der Waals surface area contributed by atoms with E-state index in [0.29, 0.717) is 19.4 Å². The first-order chi connectivity index (χ1) is 7.53. The van der Waals surface area contributed by atoms with E-state index in [2.05, 4.69) is 13.8 Å². The second-order valence-corrected chi connectivity index (χ2v) is 5.51. The predicted octanol–water partition coefficient (Wildman–Crippen LogP) is 2.26. The lowest BCUT2D eigenvalue weighted by Crippen LogP contribution is -2.33. The van der Waals surface area contributed by atoms with Crippen LogP contribution >= 0.6 is 0 Å². The molecule has 88 valence electrons. The topological polar surface area (TPSA) is 43.4 Å². The van der Waals surface area contributed by atoms with Gasteiger partial charge in [0.15, 0.2) is 5.78 Å². The summed E-state index contributed by atoms with van der Waals surface area (Å²) in [5.74, 6) is 1.13. The Balaban J connectivity index is 2.32. The largest absolute Gasteiger partial charge is 0.497 e. The molecule has 0 saturated carbocycles. The lowest BCUT2D eigenvalue weighted by atomic mass is 9.72. The first kappa shape index (κ1) is 11.4. The lowest BCUT2D eigenvalue weighted by molar-refractivity contribution is -0.120. The Kier molecular flexibility index (Phi) is 2.87. The van der Waals surface area contributed by atoms with E-state index in [-0.39, 0.29) is 17.1 Å². The average molecular weight is 222 g/mol. The standard InChI is InChI=1S/C13H18O3/c1-13(2)7-10(15)12-9(3-5-14)4-6-16-11(12)8-13/h5,9H,3-4,6-8H2,1-2H3. The van der Waals surface area contributed by atoms with Crippen molar-refractivity contribution in [3.8, 4) is 0 Å². The Labute approximate surface area is 95.9 Å². The molecule has 1 atom stereocenters. The van der Waals surface area contributed by atoms with Crippen LogP contribution < -0.4 is 0 Å². The van der Waals surface area contributed by atoms with Crippen LogP contribution in [-0.2, 0) is 14.3 Å². The fourth-order valence-electron chi connectivity index (χ4n) is 2.68. The van der Waals surface area contributed by atoms with Crippen molar-refractivity contribution < 1.29 is 14.3 Å². The van der Waals surface area contributed by atoms with Gasteiger partial charge in [-0.2, -0.15) is 0 Å². The molecule has 16 heavy (non-hydrogen) atoms. The molecule has 0 fully saturated rings. The summed E-state index contributed by atoms with van der Waals surface area (Å²) in [6, 6.07) is 0. The van der Waals surface area contributed by atoms with Gasteiger partial charge in [0.1, 0.15) is 12.0 Å². The van der Waals surface area contributed by atoms with Crippen molar-refractivity contribution in [2.24, 2.45) is 11.3 Å². The van der Waals surface area contributed by atoms with Gasteiger partial charge in [0.25, 0.3) is 0 Å². The molecule has 3 nitrogen and oxygen atoms in total. The number of hydrogen-bond donors (Lipinski definition) is 0. The molecule has 3 heteroatoms. The summed E-state index contributed by atoms with van der Waals surface area (Å²) in [5, 5.41) is 0. The molecule has 1 heterocycles. The van der Waals surface area contributed by atoms with E-state index >= 15 is 0 Å². The van der Waals surface area contributed by atoms with Crippen LogP contribution in [0.3, 0.4) is 0 Å². The van der Waals surface area contributed by atoms with E-state index in [1.165, 1.54) is 0 Å². The monoisotopic (exact) mass is 222 g/mol. The van der Waals surface area contributed by atoms with Crippen LogP contribution in [0.2, 0.25) is 0 Å². The van der Waals surface area contributed by atoms with Crippen LogP contribution in [0.15, 0.2) is 11.3 Å². The van der Waals surface area contributed by atoms with Crippen LogP contribution in [0.5, 0.6) is 0 Å². The Bertz CT molecular complexity index is 352. The van der Waals surface area contributed by atoms with E-state index in [0.717, 1.165) is 30.5 Å². The normalized spacial score (nSPS) is 28.4. The molecule has 2 aliphatic rings. The van der Waals surface area contributed by atoms with Gasteiger partial charge >= 0.3 is 0 Å². The maximum atomic E-state index is 12.1. The van der Waals surface area contributed by atoms with Crippen molar-refractivity contribution in [3.63, 3.8) is 0 Å². The second kappa shape index (κ2) is 4.04. The van der Waals surface area contributed by atoms with Crippen molar-refractivity contribution in [3.05, 3.63) is 11.3 Å². The molecular formula is C13H18O3. The molecule has 1 aliphatic carbocycles. The summed E-state index contributed by atoms with van der Waals surface area (Å²) >= 11 is 0. The molecule has 0 bridgehead atoms. The van der Waals surface area contributed by atoms with Gasteiger partial charge in [-0.25, -0.2) is 0 Å². The SMILES string of the molecule is CC1(C)CC(=O)C2=C(C1)OCCC2CC=O. The van der Waals surface area contributed by atoms with E-state index in [1.807, 2.05) is 0 Å². The third kappa shape index (κ3) is 2.04. The zero-order valence-corrected chi connectivity index (χ0v) is 9.91. The molecule has 0 spiro atoms. The summed E-state index contributed by atoms with van der Waals surface area (Å²) in [6.07, 6.45) is 3.56. The zero-order valence-electron chi connectivity index (χ0n) is 9.91. The van der Waals surface area contributed by atoms with Crippen LogP contribution in [-0.4, -0.2) is 18.7 Å². The number of ketones is 1. The molecule has 0 aromatic rings. The highest BCUT2D eigenvalue weighted by Gasteiger charge is 2.38. The number of carbonyl (C=O) groups is 2. The average Bonchev–Trinajstić information content (AvgIpc) is 2.15. The molecule has 0 saturated heterocycles. The molecule has 0 aromatic heterocycles. The summed E-state index contributed by atoms with van der Waals surface area (Å²) in [7, 11) is 0. The number of rotatable bonds is 2. The Morgan fingerprint density at radius 1 is 1.44 bits per heavy atom. The maximum Gasteiger partial charge on any atom is 0.163 e. The zero-order chi connectivity index (χ0) is 11.8. The van der Waals surface area contributed by atoms with Gasteiger partial charge in [-0.05, 0) is 11.8 Å². The van der Waals surface area contributed by atoms with Gasteiger partial charge in [0, 0.05) is 30.8 Å². The number of hydrogen-bond acceptors (Lipinski definition) is 3.